The first-order chi connectivity index (χ1) is 10.2. The van der Waals surface area contributed by atoms with E-state index in [9.17, 15) is 0 Å². The van der Waals surface area contributed by atoms with Crippen LogP contribution in [0, 0.1) is 0 Å². The molecule has 4 heteroatoms. The van der Waals surface area contributed by atoms with Crippen molar-refractivity contribution in [3.05, 3.63) is 81.7 Å². The third-order valence-electron chi connectivity index (χ3n) is 3.84. The largest absolute Gasteiger partial charge is 0.244 e. The summed E-state index contributed by atoms with van der Waals surface area (Å²) in [5.41, 5.74) is 5.54. The molecular weight excluding hydrogens is 303 g/mol. The zero-order valence-corrected chi connectivity index (χ0v) is 12.4. The molecule has 2 aromatic carbocycles. The molecule has 0 radical (unpaired) electrons. The molecule has 4 rings (SSSR count). The third kappa shape index (κ3) is 2.03. The van der Waals surface area contributed by atoms with Crippen molar-refractivity contribution in [2.75, 3.05) is 0 Å². The Hall–Kier alpha value is -1.90. The van der Waals surface area contributed by atoms with Crippen molar-refractivity contribution in [3.8, 4) is 11.3 Å². The molecule has 3 aromatic rings. The standard InChI is InChI=1S/C17H10Cl2N2/c18-11-3-1-10(2-4-11)16-13-6-5-12(19)7-14(13)17-15(16)8-20-9-21-17/h1-9,16H/t16-/m0/s1. The van der Waals surface area contributed by atoms with Gasteiger partial charge in [-0.05, 0) is 35.4 Å². The van der Waals surface area contributed by atoms with Gasteiger partial charge < -0.3 is 0 Å². The number of benzene rings is 2. The van der Waals surface area contributed by atoms with Crippen LogP contribution in [0.5, 0.6) is 0 Å². The van der Waals surface area contributed by atoms with Crippen molar-refractivity contribution >= 4 is 23.2 Å². The fourth-order valence-corrected chi connectivity index (χ4v) is 3.24. The number of hydrogen-bond acceptors (Lipinski definition) is 2. The van der Waals surface area contributed by atoms with Crippen LogP contribution in [0.4, 0.5) is 0 Å². The molecule has 0 amide bonds. The molecule has 0 aliphatic heterocycles. The van der Waals surface area contributed by atoms with Gasteiger partial charge >= 0.3 is 0 Å². The predicted molar refractivity (Wildman–Crippen MR) is 84.9 cm³/mol. The van der Waals surface area contributed by atoms with Crippen LogP contribution in [0.3, 0.4) is 0 Å². The normalized spacial score (nSPS) is 15.6. The van der Waals surface area contributed by atoms with Crippen LogP contribution in [0.25, 0.3) is 11.3 Å². The molecule has 1 atom stereocenters. The second kappa shape index (κ2) is 4.83. The van der Waals surface area contributed by atoms with Crippen molar-refractivity contribution in [3.63, 3.8) is 0 Å². The van der Waals surface area contributed by atoms with Gasteiger partial charge in [-0.15, -0.1) is 0 Å². The molecule has 1 aromatic heterocycles. The molecule has 2 nitrogen and oxygen atoms in total. The maximum Gasteiger partial charge on any atom is 0.116 e. The van der Waals surface area contributed by atoms with Crippen molar-refractivity contribution < 1.29 is 0 Å². The van der Waals surface area contributed by atoms with Crippen molar-refractivity contribution in [2.45, 2.75) is 5.92 Å². The van der Waals surface area contributed by atoms with Crippen LogP contribution in [-0.2, 0) is 0 Å². The summed E-state index contributed by atoms with van der Waals surface area (Å²) in [5.74, 6) is 0.130. The minimum atomic E-state index is 0.130. The second-order valence-corrected chi connectivity index (χ2v) is 5.92. The van der Waals surface area contributed by atoms with E-state index >= 15 is 0 Å². The monoisotopic (exact) mass is 312 g/mol. The van der Waals surface area contributed by atoms with E-state index in [2.05, 4.69) is 16.0 Å². The van der Waals surface area contributed by atoms with Crippen molar-refractivity contribution in [1.29, 1.82) is 0 Å². The van der Waals surface area contributed by atoms with E-state index in [0.717, 1.165) is 26.9 Å². The highest BCUT2D eigenvalue weighted by Crippen LogP contribution is 2.47. The lowest BCUT2D eigenvalue weighted by molar-refractivity contribution is 0.987. The van der Waals surface area contributed by atoms with Crippen molar-refractivity contribution in [1.82, 2.24) is 9.97 Å². The highest BCUT2D eigenvalue weighted by atomic mass is 35.5. The summed E-state index contributed by atoms with van der Waals surface area (Å²) in [7, 11) is 0. The zero-order valence-electron chi connectivity index (χ0n) is 10.9. The summed E-state index contributed by atoms with van der Waals surface area (Å²) in [6.45, 7) is 0. The summed E-state index contributed by atoms with van der Waals surface area (Å²) in [5, 5.41) is 1.45. The van der Waals surface area contributed by atoms with E-state index in [-0.39, 0.29) is 5.92 Å². The smallest absolute Gasteiger partial charge is 0.116 e. The summed E-state index contributed by atoms with van der Waals surface area (Å²) in [4.78, 5) is 8.62. The molecule has 0 saturated heterocycles. The van der Waals surface area contributed by atoms with Crippen LogP contribution in [0.1, 0.15) is 22.6 Å². The van der Waals surface area contributed by atoms with Crippen LogP contribution < -0.4 is 0 Å². The van der Waals surface area contributed by atoms with E-state index in [1.165, 1.54) is 11.1 Å². The number of nitrogens with zero attached hydrogens (tertiary/aromatic N) is 2. The van der Waals surface area contributed by atoms with E-state index in [1.54, 1.807) is 6.33 Å². The molecule has 21 heavy (non-hydrogen) atoms. The molecule has 0 spiro atoms. The maximum absolute atomic E-state index is 6.14. The Morgan fingerprint density at radius 3 is 2.43 bits per heavy atom. The summed E-state index contributed by atoms with van der Waals surface area (Å²) >= 11 is 12.1. The van der Waals surface area contributed by atoms with Gasteiger partial charge in [-0.1, -0.05) is 41.4 Å². The molecule has 0 unspecified atom stereocenters. The number of fused-ring (bicyclic) bond motifs is 3. The van der Waals surface area contributed by atoms with Gasteiger partial charge in [0.15, 0.2) is 0 Å². The lowest BCUT2D eigenvalue weighted by atomic mass is 9.90. The Kier molecular flexibility index (Phi) is 2.95. The van der Waals surface area contributed by atoms with Gasteiger partial charge in [-0.25, -0.2) is 9.97 Å². The Morgan fingerprint density at radius 1 is 0.857 bits per heavy atom. The first-order valence-corrected chi connectivity index (χ1v) is 7.35. The van der Waals surface area contributed by atoms with Crippen LogP contribution in [0.15, 0.2) is 55.0 Å². The van der Waals surface area contributed by atoms with Gasteiger partial charge in [-0.2, -0.15) is 0 Å². The van der Waals surface area contributed by atoms with Crippen molar-refractivity contribution in [2.24, 2.45) is 0 Å². The van der Waals surface area contributed by atoms with Crippen LogP contribution >= 0.6 is 23.2 Å². The molecular formula is C17H10Cl2N2. The predicted octanol–water partition coefficient (Wildman–Crippen LogP) is 4.94. The lowest BCUT2D eigenvalue weighted by Crippen LogP contribution is -1.99. The number of halogens is 2. The fourth-order valence-electron chi connectivity index (χ4n) is 2.94. The summed E-state index contributed by atoms with van der Waals surface area (Å²) < 4.78 is 0. The van der Waals surface area contributed by atoms with Gasteiger partial charge in [0.2, 0.25) is 0 Å². The first-order valence-electron chi connectivity index (χ1n) is 6.59. The van der Waals surface area contributed by atoms with E-state index < -0.39 is 0 Å². The van der Waals surface area contributed by atoms with Gasteiger partial charge in [0.05, 0.1) is 5.69 Å². The first kappa shape index (κ1) is 12.8. The topological polar surface area (TPSA) is 25.8 Å². The number of hydrogen-bond donors (Lipinski definition) is 0. The van der Waals surface area contributed by atoms with Gasteiger partial charge in [-0.3, -0.25) is 0 Å². The van der Waals surface area contributed by atoms with Gasteiger partial charge in [0.1, 0.15) is 6.33 Å². The Labute approximate surface area is 132 Å². The average molecular weight is 313 g/mol. The fraction of sp³-hybridized carbons (Fsp3) is 0.0588. The summed E-state index contributed by atoms with van der Waals surface area (Å²) in [6.07, 6.45) is 3.46. The van der Waals surface area contributed by atoms with E-state index in [0.29, 0.717) is 0 Å². The molecule has 1 aliphatic carbocycles. The molecule has 0 N–H and O–H groups in total. The highest BCUT2D eigenvalue weighted by molar-refractivity contribution is 6.31. The second-order valence-electron chi connectivity index (χ2n) is 5.04. The average Bonchev–Trinajstić information content (AvgIpc) is 2.82. The zero-order chi connectivity index (χ0) is 14.4. The van der Waals surface area contributed by atoms with Crippen LogP contribution in [0.2, 0.25) is 10.0 Å². The summed E-state index contributed by atoms with van der Waals surface area (Å²) in [6, 6.07) is 13.9. The van der Waals surface area contributed by atoms with Crippen LogP contribution in [-0.4, -0.2) is 9.97 Å². The quantitative estimate of drug-likeness (QED) is 0.497. The Morgan fingerprint density at radius 2 is 1.62 bits per heavy atom. The van der Waals surface area contributed by atoms with Gasteiger partial charge in [0, 0.05) is 33.3 Å². The Bertz CT molecular complexity index is 828. The highest BCUT2D eigenvalue weighted by Gasteiger charge is 2.31. The molecule has 0 fully saturated rings. The van der Waals surface area contributed by atoms with Gasteiger partial charge in [0.25, 0.3) is 0 Å². The molecule has 1 heterocycles. The Balaban J connectivity index is 1.98. The van der Waals surface area contributed by atoms with E-state index in [1.807, 2.05) is 42.6 Å². The number of aromatic nitrogens is 2. The molecule has 1 aliphatic rings. The molecule has 0 saturated carbocycles. The minimum absolute atomic E-state index is 0.130. The maximum atomic E-state index is 6.14. The van der Waals surface area contributed by atoms with E-state index in [4.69, 9.17) is 23.2 Å². The SMILES string of the molecule is Clc1ccc([C@H]2c3ccc(Cl)cc3-c3ncncc32)cc1. The minimum Gasteiger partial charge on any atom is -0.244 e. The number of rotatable bonds is 1. The third-order valence-corrected chi connectivity index (χ3v) is 4.32. The molecule has 102 valence electrons. The lowest BCUT2D eigenvalue weighted by Gasteiger charge is -2.13. The molecule has 0 bridgehead atoms.